The second-order valence-corrected chi connectivity index (χ2v) is 4.69. The third-order valence-electron chi connectivity index (χ3n) is 3.29. The van der Waals surface area contributed by atoms with Crippen LogP contribution in [0.1, 0.15) is 29.9 Å². The normalized spacial score (nSPS) is 16.0. The molecule has 1 saturated carbocycles. The summed E-state index contributed by atoms with van der Waals surface area (Å²) in [6.45, 7) is 6.96. The van der Waals surface area contributed by atoms with Crippen LogP contribution in [0.15, 0.2) is 4.52 Å². The number of rotatable bonds is 6. The number of aryl methyl sites for hydroxylation is 2. The SMILES string of the molecule is Cc1noc(C)c1CNCCN(C)C1CC1. The third-order valence-corrected chi connectivity index (χ3v) is 3.29. The molecule has 0 spiro atoms. The zero-order valence-corrected chi connectivity index (χ0v) is 10.4. The molecule has 1 aliphatic rings. The van der Waals surface area contributed by atoms with Crippen molar-refractivity contribution in [2.24, 2.45) is 0 Å². The molecule has 2 rings (SSSR count). The van der Waals surface area contributed by atoms with Gasteiger partial charge in [-0.1, -0.05) is 5.16 Å². The summed E-state index contributed by atoms with van der Waals surface area (Å²) >= 11 is 0. The number of nitrogens with one attached hydrogen (secondary N) is 1. The van der Waals surface area contributed by atoms with E-state index >= 15 is 0 Å². The van der Waals surface area contributed by atoms with E-state index in [1.165, 1.54) is 18.4 Å². The molecule has 1 aromatic heterocycles. The van der Waals surface area contributed by atoms with Crippen molar-refractivity contribution in [3.8, 4) is 0 Å². The highest BCUT2D eigenvalue weighted by Crippen LogP contribution is 2.24. The monoisotopic (exact) mass is 223 g/mol. The van der Waals surface area contributed by atoms with Gasteiger partial charge in [0.1, 0.15) is 5.76 Å². The van der Waals surface area contributed by atoms with Crippen LogP contribution < -0.4 is 5.32 Å². The van der Waals surface area contributed by atoms with Crippen molar-refractivity contribution < 1.29 is 4.52 Å². The van der Waals surface area contributed by atoms with E-state index in [0.717, 1.165) is 37.1 Å². The second kappa shape index (κ2) is 4.97. The fourth-order valence-electron chi connectivity index (χ4n) is 1.92. The highest BCUT2D eigenvalue weighted by Gasteiger charge is 2.25. The molecule has 0 bridgehead atoms. The van der Waals surface area contributed by atoms with E-state index in [-0.39, 0.29) is 0 Å². The number of hydrogen-bond acceptors (Lipinski definition) is 4. The third kappa shape index (κ3) is 2.83. The molecule has 0 atom stereocenters. The number of hydrogen-bond donors (Lipinski definition) is 1. The summed E-state index contributed by atoms with van der Waals surface area (Å²) in [7, 11) is 2.20. The van der Waals surface area contributed by atoms with Crippen LogP contribution in [0.5, 0.6) is 0 Å². The summed E-state index contributed by atoms with van der Waals surface area (Å²) in [5.41, 5.74) is 2.20. The van der Waals surface area contributed by atoms with Crippen molar-refractivity contribution in [2.75, 3.05) is 20.1 Å². The van der Waals surface area contributed by atoms with E-state index < -0.39 is 0 Å². The maximum atomic E-state index is 5.12. The molecule has 1 heterocycles. The lowest BCUT2D eigenvalue weighted by Crippen LogP contribution is -2.30. The van der Waals surface area contributed by atoms with E-state index in [9.17, 15) is 0 Å². The Morgan fingerprint density at radius 3 is 2.75 bits per heavy atom. The van der Waals surface area contributed by atoms with Gasteiger partial charge in [0.2, 0.25) is 0 Å². The van der Waals surface area contributed by atoms with E-state index in [1.807, 2.05) is 13.8 Å². The van der Waals surface area contributed by atoms with E-state index in [2.05, 4.69) is 22.4 Å². The van der Waals surface area contributed by atoms with E-state index in [1.54, 1.807) is 0 Å². The maximum Gasteiger partial charge on any atom is 0.138 e. The summed E-state index contributed by atoms with van der Waals surface area (Å²) < 4.78 is 5.12. The topological polar surface area (TPSA) is 41.3 Å². The fraction of sp³-hybridized carbons (Fsp3) is 0.750. The molecule has 1 aromatic rings. The van der Waals surface area contributed by atoms with Gasteiger partial charge in [-0.2, -0.15) is 0 Å². The summed E-state index contributed by atoms with van der Waals surface area (Å²) in [6.07, 6.45) is 2.75. The second-order valence-electron chi connectivity index (χ2n) is 4.69. The Hall–Kier alpha value is -0.870. The summed E-state index contributed by atoms with van der Waals surface area (Å²) in [5, 5.41) is 7.38. The summed E-state index contributed by atoms with van der Waals surface area (Å²) in [6, 6.07) is 0.848. The molecule has 0 aromatic carbocycles. The average Bonchev–Trinajstić information content (AvgIpc) is 3.05. The van der Waals surface area contributed by atoms with Crippen molar-refractivity contribution in [1.29, 1.82) is 0 Å². The van der Waals surface area contributed by atoms with Crippen molar-refractivity contribution in [2.45, 2.75) is 39.3 Å². The van der Waals surface area contributed by atoms with E-state index in [4.69, 9.17) is 4.52 Å². The molecule has 4 heteroatoms. The smallest absolute Gasteiger partial charge is 0.138 e. The Bertz CT molecular complexity index is 325. The highest BCUT2D eigenvalue weighted by atomic mass is 16.5. The first-order valence-electron chi connectivity index (χ1n) is 6.01. The molecular weight excluding hydrogens is 202 g/mol. The van der Waals surface area contributed by atoms with Gasteiger partial charge in [-0.3, -0.25) is 0 Å². The minimum atomic E-state index is 0.848. The Labute approximate surface area is 97.0 Å². The maximum absolute atomic E-state index is 5.12. The Kier molecular flexibility index (Phi) is 3.61. The zero-order valence-electron chi connectivity index (χ0n) is 10.4. The van der Waals surface area contributed by atoms with Crippen molar-refractivity contribution >= 4 is 0 Å². The predicted octanol–water partition coefficient (Wildman–Crippen LogP) is 1.48. The van der Waals surface area contributed by atoms with Gasteiger partial charge in [0.25, 0.3) is 0 Å². The first-order valence-corrected chi connectivity index (χ1v) is 6.01. The Balaban J connectivity index is 1.67. The molecule has 4 nitrogen and oxygen atoms in total. The van der Waals surface area contributed by atoms with Crippen LogP contribution in [0, 0.1) is 13.8 Å². The number of aromatic nitrogens is 1. The van der Waals surface area contributed by atoms with Gasteiger partial charge in [0, 0.05) is 31.2 Å². The quantitative estimate of drug-likeness (QED) is 0.742. The van der Waals surface area contributed by atoms with Crippen molar-refractivity contribution in [3.05, 3.63) is 17.0 Å². The Morgan fingerprint density at radius 1 is 1.44 bits per heavy atom. The summed E-state index contributed by atoms with van der Waals surface area (Å²) in [5.74, 6) is 0.931. The molecule has 1 aliphatic carbocycles. The molecule has 90 valence electrons. The lowest BCUT2D eigenvalue weighted by Gasteiger charge is -2.15. The fourth-order valence-corrected chi connectivity index (χ4v) is 1.92. The molecule has 1 fully saturated rings. The van der Waals surface area contributed by atoms with Crippen LogP contribution in [0.2, 0.25) is 0 Å². The van der Waals surface area contributed by atoms with Crippen LogP contribution in [-0.2, 0) is 6.54 Å². The molecular formula is C12H21N3O. The molecule has 0 amide bonds. The lowest BCUT2D eigenvalue weighted by atomic mass is 10.2. The predicted molar refractivity (Wildman–Crippen MR) is 63.3 cm³/mol. The van der Waals surface area contributed by atoms with Crippen LogP contribution in [-0.4, -0.2) is 36.2 Å². The van der Waals surface area contributed by atoms with Gasteiger partial charge >= 0.3 is 0 Å². The Morgan fingerprint density at radius 2 is 2.19 bits per heavy atom. The van der Waals surface area contributed by atoms with Gasteiger partial charge in [0.15, 0.2) is 0 Å². The highest BCUT2D eigenvalue weighted by molar-refractivity contribution is 5.20. The molecule has 0 unspecified atom stereocenters. The first-order chi connectivity index (χ1) is 7.68. The van der Waals surface area contributed by atoms with Gasteiger partial charge in [-0.25, -0.2) is 0 Å². The summed E-state index contributed by atoms with van der Waals surface area (Å²) in [4.78, 5) is 2.43. The minimum Gasteiger partial charge on any atom is -0.361 e. The molecule has 0 aliphatic heterocycles. The standard InChI is InChI=1S/C12H21N3O/c1-9-12(10(2)16-14-9)8-13-6-7-15(3)11-4-5-11/h11,13H,4-8H2,1-3H3. The van der Waals surface area contributed by atoms with Crippen molar-refractivity contribution in [1.82, 2.24) is 15.4 Å². The van der Waals surface area contributed by atoms with Crippen LogP contribution >= 0.6 is 0 Å². The molecule has 1 N–H and O–H groups in total. The van der Waals surface area contributed by atoms with Crippen molar-refractivity contribution in [3.63, 3.8) is 0 Å². The van der Waals surface area contributed by atoms with Gasteiger partial charge in [0.05, 0.1) is 5.69 Å². The molecule has 0 radical (unpaired) electrons. The average molecular weight is 223 g/mol. The molecule has 0 saturated heterocycles. The van der Waals surface area contributed by atoms with Crippen LogP contribution in [0.4, 0.5) is 0 Å². The van der Waals surface area contributed by atoms with E-state index in [0.29, 0.717) is 0 Å². The first kappa shape index (κ1) is 11.6. The van der Waals surface area contributed by atoms with Crippen LogP contribution in [0.25, 0.3) is 0 Å². The lowest BCUT2D eigenvalue weighted by molar-refractivity contribution is 0.321. The number of nitrogens with zero attached hydrogens (tertiary/aromatic N) is 2. The van der Waals surface area contributed by atoms with Gasteiger partial charge < -0.3 is 14.7 Å². The molecule has 16 heavy (non-hydrogen) atoms. The van der Waals surface area contributed by atoms with Crippen LogP contribution in [0.3, 0.4) is 0 Å². The number of likely N-dealkylation sites (N-methyl/N-ethyl adjacent to an activating group) is 1. The zero-order chi connectivity index (χ0) is 11.5. The minimum absolute atomic E-state index is 0.848. The largest absolute Gasteiger partial charge is 0.361 e. The van der Waals surface area contributed by atoms with Gasteiger partial charge in [-0.05, 0) is 33.7 Å². The van der Waals surface area contributed by atoms with Gasteiger partial charge in [-0.15, -0.1) is 0 Å².